The molecule has 2 aromatic carbocycles. The molecule has 3 aromatic rings. The third-order valence-electron chi connectivity index (χ3n) is 6.21. The maximum Gasteiger partial charge on any atom is 0.418 e. The maximum atomic E-state index is 13.6. The number of para-hydroxylation sites is 1. The fraction of sp³-hybridized carbons (Fsp3) is 0.308. The molecule has 0 bridgehead atoms. The van der Waals surface area contributed by atoms with Gasteiger partial charge in [-0.25, -0.2) is 9.18 Å². The van der Waals surface area contributed by atoms with Gasteiger partial charge in [-0.05, 0) is 55.8 Å². The lowest BCUT2D eigenvalue weighted by atomic mass is 9.99. The van der Waals surface area contributed by atoms with Gasteiger partial charge in [-0.1, -0.05) is 24.3 Å². The van der Waals surface area contributed by atoms with E-state index in [1.54, 1.807) is 30.9 Å². The van der Waals surface area contributed by atoms with Crippen molar-refractivity contribution in [1.29, 1.82) is 0 Å². The molecule has 36 heavy (non-hydrogen) atoms. The van der Waals surface area contributed by atoms with Crippen LogP contribution in [0.2, 0.25) is 0 Å². The van der Waals surface area contributed by atoms with Crippen LogP contribution in [0.15, 0.2) is 66.9 Å². The number of aromatic nitrogens is 1. The summed E-state index contributed by atoms with van der Waals surface area (Å²) in [5, 5.41) is 2.32. The van der Waals surface area contributed by atoms with Crippen molar-refractivity contribution in [3.8, 4) is 0 Å². The van der Waals surface area contributed by atoms with Crippen LogP contribution < -0.4 is 5.32 Å². The number of fused-ring (bicyclic) bond motifs is 1. The number of nitrogens with one attached hydrogen (secondary N) is 1. The van der Waals surface area contributed by atoms with Gasteiger partial charge >= 0.3 is 12.2 Å². The lowest BCUT2D eigenvalue weighted by Crippen LogP contribution is -2.50. The number of rotatable bonds is 5. The smallest absolute Gasteiger partial charge is 0.348 e. The topological polar surface area (TPSA) is 57.6 Å². The van der Waals surface area contributed by atoms with Gasteiger partial charge in [-0.2, -0.15) is 13.2 Å². The molecule has 0 saturated heterocycles. The van der Waals surface area contributed by atoms with Crippen molar-refractivity contribution in [3.63, 3.8) is 0 Å². The summed E-state index contributed by atoms with van der Waals surface area (Å²) in [6.45, 7) is 3.92. The number of anilines is 1. The number of benzene rings is 2. The van der Waals surface area contributed by atoms with Crippen LogP contribution in [0.3, 0.4) is 0 Å². The first-order chi connectivity index (χ1) is 17.1. The number of alkyl halides is 3. The third-order valence-corrected chi connectivity index (χ3v) is 6.21. The molecule has 0 aliphatic carbocycles. The quantitative estimate of drug-likeness (QED) is 0.467. The zero-order valence-electron chi connectivity index (χ0n) is 19.8. The van der Waals surface area contributed by atoms with Crippen LogP contribution >= 0.6 is 0 Å². The Bertz CT molecular complexity index is 1240. The third kappa shape index (κ3) is 5.22. The first-order valence-corrected chi connectivity index (χ1v) is 11.5. The summed E-state index contributed by atoms with van der Waals surface area (Å²) in [4.78, 5) is 29.4. The van der Waals surface area contributed by atoms with Crippen LogP contribution in [0.4, 0.5) is 28.0 Å². The average molecular weight is 503 g/mol. The van der Waals surface area contributed by atoms with Gasteiger partial charge in [-0.3, -0.25) is 4.79 Å². The van der Waals surface area contributed by atoms with E-state index in [1.165, 1.54) is 35.2 Å². The van der Waals surface area contributed by atoms with Crippen LogP contribution in [0.25, 0.3) is 0 Å². The van der Waals surface area contributed by atoms with E-state index in [4.69, 9.17) is 0 Å². The van der Waals surface area contributed by atoms with Gasteiger partial charge in [0.05, 0.1) is 17.3 Å². The van der Waals surface area contributed by atoms with E-state index in [1.807, 2.05) is 22.9 Å². The number of halogens is 4. The first kappa shape index (κ1) is 25.3. The number of hydrogen-bond donors (Lipinski definition) is 1. The number of amides is 3. The normalized spacial score (nSPS) is 15.5. The second-order valence-corrected chi connectivity index (χ2v) is 8.86. The van der Waals surface area contributed by atoms with Gasteiger partial charge in [0.2, 0.25) is 5.91 Å². The number of carbonyl (C=O) groups excluding carboxylic acids is 2. The highest BCUT2D eigenvalue weighted by Gasteiger charge is 2.36. The summed E-state index contributed by atoms with van der Waals surface area (Å²) >= 11 is 0. The minimum absolute atomic E-state index is 0.337. The molecular weight excluding hydrogens is 476 g/mol. The highest BCUT2D eigenvalue weighted by Crippen LogP contribution is 2.35. The number of carbonyl (C=O) groups is 2. The molecule has 1 aromatic heterocycles. The monoisotopic (exact) mass is 502 g/mol. The van der Waals surface area contributed by atoms with E-state index in [2.05, 4.69) is 5.32 Å². The fourth-order valence-electron chi connectivity index (χ4n) is 4.40. The predicted molar refractivity (Wildman–Crippen MR) is 127 cm³/mol. The van der Waals surface area contributed by atoms with Crippen molar-refractivity contribution in [3.05, 3.63) is 89.5 Å². The average Bonchev–Trinajstić information content (AvgIpc) is 3.31. The Morgan fingerprint density at radius 2 is 1.72 bits per heavy atom. The largest absolute Gasteiger partial charge is 0.418 e. The number of nitrogens with zero attached hydrogens (tertiary/aromatic N) is 3. The zero-order valence-corrected chi connectivity index (χ0v) is 19.8. The molecular formula is C26H26F4N4O2. The Hall–Kier alpha value is -3.82. The molecule has 0 radical (unpaired) electrons. The summed E-state index contributed by atoms with van der Waals surface area (Å²) in [5.74, 6) is -0.769. The van der Waals surface area contributed by atoms with E-state index in [0.717, 1.165) is 11.8 Å². The highest BCUT2D eigenvalue weighted by molar-refractivity contribution is 5.93. The van der Waals surface area contributed by atoms with Gasteiger partial charge in [-0.15, -0.1) is 0 Å². The molecule has 1 unspecified atom stereocenters. The summed E-state index contributed by atoms with van der Waals surface area (Å²) in [6.07, 6.45) is -2.74. The molecule has 6 nitrogen and oxygen atoms in total. The van der Waals surface area contributed by atoms with Gasteiger partial charge in [0.1, 0.15) is 12.4 Å². The lowest BCUT2D eigenvalue weighted by molar-refractivity contribution is -0.137. The Morgan fingerprint density at radius 3 is 2.39 bits per heavy atom. The summed E-state index contributed by atoms with van der Waals surface area (Å²) in [6, 6.07) is 12.5. The van der Waals surface area contributed by atoms with Crippen molar-refractivity contribution in [2.24, 2.45) is 0 Å². The Kier molecular flexibility index (Phi) is 7.05. The van der Waals surface area contributed by atoms with Crippen LogP contribution in [-0.4, -0.2) is 45.4 Å². The van der Waals surface area contributed by atoms with Gasteiger partial charge < -0.3 is 19.7 Å². The van der Waals surface area contributed by atoms with E-state index in [9.17, 15) is 27.2 Å². The molecule has 0 spiro atoms. The minimum atomic E-state index is -4.65. The second kappa shape index (κ2) is 10.0. The Balaban J connectivity index is 1.58. The predicted octanol–water partition coefficient (Wildman–Crippen LogP) is 5.52. The van der Waals surface area contributed by atoms with Gasteiger partial charge in [0.25, 0.3) is 0 Å². The van der Waals surface area contributed by atoms with Crippen LogP contribution in [-0.2, 0) is 17.5 Å². The molecule has 4 rings (SSSR count). The molecule has 2 heterocycles. The molecule has 1 N–H and O–H groups in total. The van der Waals surface area contributed by atoms with E-state index in [-0.39, 0.29) is 18.1 Å². The van der Waals surface area contributed by atoms with Gasteiger partial charge in [0.15, 0.2) is 0 Å². The molecule has 3 amide bonds. The lowest BCUT2D eigenvalue weighted by Gasteiger charge is -2.39. The molecule has 1 atom stereocenters. The maximum absolute atomic E-state index is 13.6. The highest BCUT2D eigenvalue weighted by atomic mass is 19.4. The van der Waals surface area contributed by atoms with Crippen molar-refractivity contribution in [2.45, 2.75) is 38.7 Å². The zero-order chi connectivity index (χ0) is 26.0. The molecule has 1 aliphatic heterocycles. The van der Waals surface area contributed by atoms with E-state index < -0.39 is 35.7 Å². The molecule has 190 valence electrons. The number of urea groups is 1. The number of hydrogen-bond acceptors (Lipinski definition) is 2. The van der Waals surface area contributed by atoms with Gasteiger partial charge in [0, 0.05) is 31.0 Å². The van der Waals surface area contributed by atoms with Crippen molar-refractivity contribution >= 4 is 17.6 Å². The standard InChI is InChI=1S/C26H26F4N4O2/c1-17(2)34(25(36)31-21-7-4-3-6-20(21)26(28,29)30)16-23(35)33-15-14-32-13-5-8-22(32)24(33)18-9-11-19(27)12-10-18/h3-13,17,24H,14-16H2,1-2H3,(H,31,36). The second-order valence-electron chi connectivity index (χ2n) is 8.86. The van der Waals surface area contributed by atoms with Crippen LogP contribution in [0.1, 0.15) is 36.7 Å². The summed E-state index contributed by atoms with van der Waals surface area (Å²) in [5.41, 5.74) is 0.208. The van der Waals surface area contributed by atoms with Crippen molar-refractivity contribution < 1.29 is 27.2 Å². The minimum Gasteiger partial charge on any atom is -0.348 e. The Morgan fingerprint density at radius 1 is 1.03 bits per heavy atom. The van der Waals surface area contributed by atoms with E-state index in [0.29, 0.717) is 18.7 Å². The molecule has 10 heteroatoms. The summed E-state index contributed by atoms with van der Waals surface area (Å²) in [7, 11) is 0. The first-order valence-electron chi connectivity index (χ1n) is 11.5. The van der Waals surface area contributed by atoms with Crippen molar-refractivity contribution in [2.75, 3.05) is 18.4 Å². The van der Waals surface area contributed by atoms with Crippen LogP contribution in [0, 0.1) is 5.82 Å². The summed E-state index contributed by atoms with van der Waals surface area (Å²) < 4.78 is 55.7. The van der Waals surface area contributed by atoms with E-state index >= 15 is 0 Å². The SMILES string of the molecule is CC(C)N(CC(=O)N1CCn2cccc2C1c1ccc(F)cc1)C(=O)Nc1ccccc1C(F)(F)F. The fourth-order valence-corrected chi connectivity index (χ4v) is 4.40. The van der Waals surface area contributed by atoms with Crippen LogP contribution in [0.5, 0.6) is 0 Å². The molecule has 0 saturated carbocycles. The molecule has 1 aliphatic rings. The molecule has 0 fully saturated rings. The van der Waals surface area contributed by atoms with Crippen molar-refractivity contribution in [1.82, 2.24) is 14.4 Å². The Labute approximate surface area is 206 Å².